The Bertz CT molecular complexity index is 502. The fraction of sp³-hybridized carbons (Fsp3) is 0.200. The maximum absolute atomic E-state index is 10.5. The lowest BCUT2D eigenvalue weighted by molar-refractivity contribution is -0.106. The number of rotatable bonds is 4. The van der Waals surface area contributed by atoms with Crippen LogP contribution >= 0.6 is 11.6 Å². The molecule has 18 heavy (non-hydrogen) atoms. The van der Waals surface area contributed by atoms with Crippen LogP contribution < -0.4 is 0 Å². The summed E-state index contributed by atoms with van der Waals surface area (Å²) in [7, 11) is 0. The summed E-state index contributed by atoms with van der Waals surface area (Å²) >= 11 is 6.03. The van der Waals surface area contributed by atoms with E-state index in [4.69, 9.17) is 11.6 Å². The van der Waals surface area contributed by atoms with Crippen molar-refractivity contribution >= 4 is 23.6 Å². The predicted octanol–water partition coefficient (Wildman–Crippen LogP) is 3.37. The van der Waals surface area contributed by atoms with Crippen LogP contribution in [0.1, 0.15) is 12.0 Å². The van der Waals surface area contributed by atoms with Crippen LogP contribution in [0.4, 0.5) is 0 Å². The predicted molar refractivity (Wildman–Crippen MR) is 75.1 cm³/mol. The van der Waals surface area contributed by atoms with E-state index >= 15 is 0 Å². The minimum Gasteiger partial charge on any atom is -0.301 e. The average molecular weight is 260 g/mol. The fourth-order valence-corrected chi connectivity index (χ4v) is 2.24. The lowest BCUT2D eigenvalue weighted by Crippen LogP contribution is -2.16. The largest absolute Gasteiger partial charge is 0.301 e. The van der Waals surface area contributed by atoms with Crippen LogP contribution in [0, 0.1) is 5.92 Å². The zero-order valence-corrected chi connectivity index (χ0v) is 10.7. The van der Waals surface area contributed by atoms with Gasteiger partial charge in [0.2, 0.25) is 0 Å². The maximum atomic E-state index is 10.5. The van der Waals surface area contributed by atoms with Gasteiger partial charge >= 0.3 is 0 Å². The van der Waals surface area contributed by atoms with Crippen LogP contribution in [-0.4, -0.2) is 18.5 Å². The molecule has 0 saturated carbocycles. The molecule has 1 aromatic rings. The fourth-order valence-electron chi connectivity index (χ4n) is 2.00. The molecule has 0 N–H and O–H groups in total. The summed E-state index contributed by atoms with van der Waals surface area (Å²) in [5, 5.41) is 0.723. The number of carbonyl (C=O) groups excluding carboxylic acids is 1. The molecule has 3 heteroatoms. The first kappa shape index (κ1) is 12.8. The van der Waals surface area contributed by atoms with Gasteiger partial charge in [-0.2, -0.15) is 0 Å². The Kier molecular flexibility index (Phi) is 4.48. The van der Waals surface area contributed by atoms with Gasteiger partial charge < -0.3 is 4.79 Å². The highest BCUT2D eigenvalue weighted by molar-refractivity contribution is 6.31. The Balaban J connectivity index is 2.32. The van der Waals surface area contributed by atoms with Crippen molar-refractivity contribution in [2.75, 3.05) is 6.54 Å². The van der Waals surface area contributed by atoms with Crippen LogP contribution in [0.3, 0.4) is 0 Å². The molecular formula is C15H14ClNO. The number of allylic oxidation sites excluding steroid dienone is 4. The van der Waals surface area contributed by atoms with Crippen LogP contribution in [0.15, 0.2) is 58.6 Å². The van der Waals surface area contributed by atoms with Crippen molar-refractivity contribution in [1.29, 1.82) is 0 Å². The highest BCUT2D eigenvalue weighted by Crippen LogP contribution is 2.23. The molecule has 0 fully saturated rings. The molecule has 2 rings (SSSR count). The van der Waals surface area contributed by atoms with E-state index in [9.17, 15) is 4.79 Å². The second kappa shape index (κ2) is 6.31. The van der Waals surface area contributed by atoms with Gasteiger partial charge in [-0.1, -0.05) is 54.1 Å². The van der Waals surface area contributed by atoms with E-state index in [1.165, 1.54) is 0 Å². The van der Waals surface area contributed by atoms with E-state index in [2.05, 4.69) is 4.99 Å². The van der Waals surface area contributed by atoms with Crippen LogP contribution in [-0.2, 0) is 4.79 Å². The number of aliphatic imine (C=N–C) groups is 1. The Morgan fingerprint density at radius 1 is 1.39 bits per heavy atom. The molecule has 1 aromatic carbocycles. The number of hydrogen-bond acceptors (Lipinski definition) is 2. The first-order valence-electron chi connectivity index (χ1n) is 5.88. The molecule has 1 aliphatic carbocycles. The van der Waals surface area contributed by atoms with Crippen LogP contribution in [0.25, 0.3) is 0 Å². The summed E-state index contributed by atoms with van der Waals surface area (Å²) in [6, 6.07) is 9.91. The van der Waals surface area contributed by atoms with Gasteiger partial charge in [-0.25, -0.2) is 0 Å². The van der Waals surface area contributed by atoms with Gasteiger partial charge in [0, 0.05) is 16.7 Å². The summed E-state index contributed by atoms with van der Waals surface area (Å²) in [6.07, 6.45) is 7.58. The third kappa shape index (κ3) is 3.17. The van der Waals surface area contributed by atoms with Crippen LogP contribution in [0.5, 0.6) is 0 Å². The van der Waals surface area contributed by atoms with Gasteiger partial charge in [-0.3, -0.25) is 4.99 Å². The lowest BCUT2D eigenvalue weighted by atomic mass is 9.91. The summed E-state index contributed by atoms with van der Waals surface area (Å²) in [6.45, 7) is 0.190. The topological polar surface area (TPSA) is 29.4 Å². The molecule has 0 aromatic heterocycles. The molecule has 0 saturated heterocycles. The molecule has 0 bridgehead atoms. The molecule has 0 aliphatic heterocycles. The van der Waals surface area contributed by atoms with Crippen LogP contribution in [0.2, 0.25) is 0 Å². The molecule has 2 nitrogen and oxygen atoms in total. The third-order valence-electron chi connectivity index (χ3n) is 2.78. The highest BCUT2D eigenvalue weighted by Gasteiger charge is 2.16. The van der Waals surface area contributed by atoms with Crippen molar-refractivity contribution in [1.82, 2.24) is 0 Å². The van der Waals surface area contributed by atoms with E-state index in [1.807, 2.05) is 48.6 Å². The quantitative estimate of drug-likeness (QED) is 0.602. The Hall–Kier alpha value is -1.67. The first-order valence-corrected chi connectivity index (χ1v) is 6.26. The monoisotopic (exact) mass is 259 g/mol. The highest BCUT2D eigenvalue weighted by atomic mass is 35.5. The van der Waals surface area contributed by atoms with Crippen molar-refractivity contribution < 1.29 is 4.79 Å². The second-order valence-electron chi connectivity index (χ2n) is 4.05. The summed E-state index contributed by atoms with van der Waals surface area (Å²) < 4.78 is 0. The minimum atomic E-state index is 0.143. The number of hydrogen-bond donors (Lipinski definition) is 0. The molecule has 1 unspecified atom stereocenters. The molecule has 0 radical (unpaired) electrons. The zero-order chi connectivity index (χ0) is 12.8. The Morgan fingerprint density at radius 2 is 2.17 bits per heavy atom. The zero-order valence-electron chi connectivity index (χ0n) is 9.92. The van der Waals surface area contributed by atoms with Gasteiger partial charge in [0.1, 0.15) is 6.29 Å². The van der Waals surface area contributed by atoms with E-state index < -0.39 is 0 Å². The third-order valence-corrected chi connectivity index (χ3v) is 3.04. The Morgan fingerprint density at radius 3 is 2.83 bits per heavy atom. The Labute approximate surface area is 112 Å². The lowest BCUT2D eigenvalue weighted by Gasteiger charge is -2.17. The standard InChI is InChI=1S/C15H14ClNO/c16-14-8-4-7-13(11-14)15(17-9-10-18)12-5-2-1-3-6-12/h1-6,8,10-11,13H,7,9H2. The molecule has 0 spiro atoms. The molecular weight excluding hydrogens is 246 g/mol. The normalized spacial score (nSPS) is 19.5. The number of benzene rings is 1. The van der Waals surface area contributed by atoms with Crippen molar-refractivity contribution in [2.45, 2.75) is 6.42 Å². The van der Waals surface area contributed by atoms with Crippen molar-refractivity contribution in [3.8, 4) is 0 Å². The number of nitrogens with zero attached hydrogens (tertiary/aromatic N) is 1. The molecule has 0 amide bonds. The average Bonchev–Trinajstić information content (AvgIpc) is 2.40. The molecule has 92 valence electrons. The van der Waals surface area contributed by atoms with Crippen molar-refractivity contribution in [3.05, 3.63) is 59.2 Å². The van der Waals surface area contributed by atoms with E-state index in [0.717, 1.165) is 29.0 Å². The second-order valence-corrected chi connectivity index (χ2v) is 4.49. The SMILES string of the molecule is O=CCN=C(c1ccccc1)C1C=C(Cl)C=CC1. The molecule has 1 atom stereocenters. The number of halogens is 1. The van der Waals surface area contributed by atoms with Gasteiger partial charge in [0.05, 0.1) is 6.54 Å². The minimum absolute atomic E-state index is 0.143. The first-order chi connectivity index (χ1) is 8.81. The van der Waals surface area contributed by atoms with Gasteiger partial charge in [-0.15, -0.1) is 0 Å². The van der Waals surface area contributed by atoms with Gasteiger partial charge in [0.25, 0.3) is 0 Å². The van der Waals surface area contributed by atoms with E-state index in [-0.39, 0.29) is 12.5 Å². The van der Waals surface area contributed by atoms with Crippen molar-refractivity contribution in [2.24, 2.45) is 10.9 Å². The summed E-state index contributed by atoms with van der Waals surface area (Å²) in [4.78, 5) is 14.9. The van der Waals surface area contributed by atoms with Gasteiger partial charge in [0.15, 0.2) is 0 Å². The smallest absolute Gasteiger partial charge is 0.141 e. The van der Waals surface area contributed by atoms with Gasteiger partial charge in [-0.05, 0) is 18.1 Å². The summed E-state index contributed by atoms with van der Waals surface area (Å²) in [5.41, 5.74) is 1.96. The molecule has 1 aliphatic rings. The van der Waals surface area contributed by atoms with Crippen molar-refractivity contribution in [3.63, 3.8) is 0 Å². The number of aldehydes is 1. The van der Waals surface area contributed by atoms with E-state index in [0.29, 0.717) is 0 Å². The number of carbonyl (C=O) groups is 1. The summed E-state index contributed by atoms with van der Waals surface area (Å²) in [5.74, 6) is 0.143. The van der Waals surface area contributed by atoms with E-state index in [1.54, 1.807) is 0 Å². The molecule has 0 heterocycles. The maximum Gasteiger partial charge on any atom is 0.141 e.